The smallest absolute Gasteiger partial charge is 0.0466 e. The van der Waals surface area contributed by atoms with E-state index in [0.717, 1.165) is 11.8 Å². The molecule has 0 nitrogen and oxygen atoms in total. The molecule has 6 aliphatic rings. The van der Waals surface area contributed by atoms with Crippen molar-refractivity contribution in [3.8, 4) is 0 Å². The fourth-order valence-corrected chi connectivity index (χ4v) is 32.8. The predicted molar refractivity (Wildman–Crippen MR) is 135 cm³/mol. The molecule has 1 aliphatic heterocycles. The van der Waals surface area contributed by atoms with Crippen LogP contribution in [0.1, 0.15) is 82.1 Å². The Morgan fingerprint density at radius 2 is 1.53 bits per heavy atom. The number of rotatable bonds is 1. The molecule has 0 N–H and O–H groups in total. The summed E-state index contributed by atoms with van der Waals surface area (Å²) in [6, 6.07) is 5.31. The van der Waals surface area contributed by atoms with Crippen LogP contribution >= 0.6 is 0 Å². The van der Waals surface area contributed by atoms with Crippen LogP contribution < -0.4 is 0 Å². The van der Waals surface area contributed by atoms with Crippen LogP contribution in [-0.2, 0) is 17.3 Å². The lowest BCUT2D eigenvalue weighted by Gasteiger charge is -2.65. The quantitative estimate of drug-likeness (QED) is 0.397. The number of hydrogen-bond donors (Lipinski definition) is 0. The Labute approximate surface area is 186 Å². The van der Waals surface area contributed by atoms with Crippen molar-refractivity contribution in [1.29, 1.82) is 0 Å². The van der Waals surface area contributed by atoms with Gasteiger partial charge in [-0.15, -0.1) is 0 Å². The number of benzene rings is 1. The molecule has 2 unspecified atom stereocenters. The fraction of sp³-hybridized carbons (Fsp3) is 0.679. The maximum Gasteiger partial charge on any atom is 0.0466 e. The topological polar surface area (TPSA) is 0 Å². The van der Waals surface area contributed by atoms with Crippen LogP contribution in [0.4, 0.5) is 0 Å². The van der Waals surface area contributed by atoms with Crippen molar-refractivity contribution in [3.05, 3.63) is 45.9 Å². The van der Waals surface area contributed by atoms with Gasteiger partial charge >= 0.3 is 0 Å². The third-order valence-electron chi connectivity index (χ3n) is 11.2. The van der Waals surface area contributed by atoms with Crippen molar-refractivity contribution in [2.75, 3.05) is 0 Å². The van der Waals surface area contributed by atoms with E-state index in [4.69, 9.17) is 0 Å². The number of hydrogen-bond acceptors (Lipinski definition) is 0. The average molecular weight is 434 g/mol. The van der Waals surface area contributed by atoms with Crippen LogP contribution in [0.25, 0.3) is 6.08 Å². The third-order valence-corrected chi connectivity index (χ3v) is 33.8. The van der Waals surface area contributed by atoms with Gasteiger partial charge in [0.2, 0.25) is 0 Å². The minimum absolute atomic E-state index is 0.222. The van der Waals surface area contributed by atoms with Crippen LogP contribution in [0.2, 0.25) is 30.8 Å². The maximum atomic E-state index is 2.81. The van der Waals surface area contributed by atoms with Crippen LogP contribution in [0.5, 0.6) is 0 Å². The fourth-order valence-electron chi connectivity index (χ4n) is 10.0. The lowest BCUT2D eigenvalue weighted by Crippen LogP contribution is -2.57. The van der Waals surface area contributed by atoms with E-state index in [0.29, 0.717) is 10.1 Å². The highest BCUT2D eigenvalue weighted by Crippen LogP contribution is 2.88. The highest BCUT2D eigenvalue weighted by Gasteiger charge is 2.90. The van der Waals surface area contributed by atoms with Gasteiger partial charge in [-0.05, 0) is 101 Å². The molecule has 2 heteroatoms. The molecule has 1 aromatic rings. The minimum atomic E-state index is -1.23. The molecule has 7 rings (SSSR count). The molecule has 4 saturated carbocycles. The van der Waals surface area contributed by atoms with E-state index in [-0.39, 0.29) is 5.41 Å². The zero-order chi connectivity index (χ0) is 21.5. The van der Waals surface area contributed by atoms with Gasteiger partial charge in [0.25, 0.3) is 0 Å². The Kier molecular flexibility index (Phi) is 3.65. The van der Waals surface area contributed by atoms with E-state index in [1.807, 2.05) is 5.56 Å². The van der Waals surface area contributed by atoms with Crippen molar-refractivity contribution < 1.29 is 0 Å². The molecule has 161 valence electrons. The Hall–Kier alpha value is -0.606. The minimum Gasteiger partial charge on any atom is -0.0710 e. The van der Waals surface area contributed by atoms with Crippen molar-refractivity contribution in [3.63, 3.8) is 0 Å². The number of fused-ring (bicyclic) bond motifs is 1. The molecule has 1 radical (unpaired) electrons. The summed E-state index contributed by atoms with van der Waals surface area (Å²) < 4.78 is 0.682. The molecule has 1 aromatic carbocycles. The molecule has 2 atom stereocenters. The van der Waals surface area contributed by atoms with Gasteiger partial charge in [-0.1, -0.05) is 70.7 Å². The molecular formula is C28H41Si2. The third kappa shape index (κ3) is 2.01. The molecule has 1 spiro atoms. The van der Waals surface area contributed by atoms with Gasteiger partial charge in [0.15, 0.2) is 0 Å². The van der Waals surface area contributed by atoms with E-state index >= 15 is 0 Å². The molecule has 0 amide bonds. The first-order chi connectivity index (χ1) is 13.8. The summed E-state index contributed by atoms with van der Waals surface area (Å²) in [4.78, 5) is 0. The van der Waals surface area contributed by atoms with Crippen LogP contribution in [0, 0.1) is 17.8 Å². The highest BCUT2D eigenvalue weighted by atomic mass is 29.3. The number of allylic oxidation sites excluding steroid dienone is 1. The summed E-state index contributed by atoms with van der Waals surface area (Å²) in [5.74, 6) is 4.07. The first-order valence-corrected chi connectivity index (χ1v) is 19.6. The lowest BCUT2D eigenvalue weighted by atomic mass is 9.46. The Morgan fingerprint density at radius 1 is 0.933 bits per heavy atom. The first kappa shape index (κ1) is 20.0. The van der Waals surface area contributed by atoms with Gasteiger partial charge in [-0.2, -0.15) is 0 Å². The molecular weight excluding hydrogens is 392 g/mol. The second kappa shape index (κ2) is 5.47. The summed E-state index contributed by atoms with van der Waals surface area (Å²) in [5.41, 5.74) is 9.03. The summed E-state index contributed by atoms with van der Waals surface area (Å²) in [5, 5.41) is 0. The zero-order valence-electron chi connectivity index (χ0n) is 20.6. The van der Waals surface area contributed by atoms with E-state index in [1.165, 1.54) is 38.5 Å². The molecule has 4 bridgehead atoms. The van der Waals surface area contributed by atoms with Gasteiger partial charge in [-0.3, -0.25) is 0 Å². The van der Waals surface area contributed by atoms with Gasteiger partial charge in [0, 0.05) is 15.2 Å². The molecule has 1 saturated heterocycles. The van der Waals surface area contributed by atoms with Gasteiger partial charge < -0.3 is 0 Å². The van der Waals surface area contributed by atoms with Crippen molar-refractivity contribution in [1.82, 2.24) is 0 Å². The maximum absolute atomic E-state index is 2.81. The van der Waals surface area contributed by atoms with Crippen molar-refractivity contribution >= 4 is 21.3 Å². The summed E-state index contributed by atoms with van der Waals surface area (Å²) in [7, 11) is -2.45. The van der Waals surface area contributed by atoms with E-state index < -0.39 is 15.2 Å². The SMILES string of the molecule is CC1=Cc2cc(C(C)(C)C)cc(C34CC5C[C](CC(C5)C3)C43[Si](C)(C)[Si]3(C)C)c2C1. The predicted octanol–water partition coefficient (Wildman–Crippen LogP) is 7.77. The monoisotopic (exact) mass is 433 g/mol. The second-order valence-corrected chi connectivity index (χ2v) is 30.0. The van der Waals surface area contributed by atoms with Crippen LogP contribution in [-0.4, -0.2) is 15.2 Å². The Balaban J connectivity index is 1.65. The highest BCUT2D eigenvalue weighted by molar-refractivity contribution is 7.61. The average Bonchev–Trinajstić information content (AvgIpc) is 2.86. The van der Waals surface area contributed by atoms with Gasteiger partial charge in [0.05, 0.1) is 0 Å². The van der Waals surface area contributed by atoms with Crippen molar-refractivity contribution in [2.45, 2.75) is 108 Å². The van der Waals surface area contributed by atoms with E-state index in [2.05, 4.69) is 78.0 Å². The van der Waals surface area contributed by atoms with E-state index in [1.54, 1.807) is 22.3 Å². The Morgan fingerprint density at radius 3 is 2.07 bits per heavy atom. The van der Waals surface area contributed by atoms with Crippen LogP contribution in [0.15, 0.2) is 17.7 Å². The first-order valence-electron chi connectivity index (χ1n) is 12.6. The second-order valence-electron chi connectivity index (χ2n) is 14.0. The standard InChI is InChI=1S/C28H41Si2/c1-18-9-21-14-22(26(2,3)4)15-25(24(21)10-18)27-16-19-11-20(17-27)13-23(12-19)28(27)29(5,6)30(28,7)8/h9,14-15,19-20H,10-13,16-17H2,1-8H3. The van der Waals surface area contributed by atoms with E-state index in [9.17, 15) is 0 Å². The van der Waals surface area contributed by atoms with Crippen molar-refractivity contribution in [2.24, 2.45) is 11.8 Å². The normalized spacial score (nSPS) is 36.9. The Bertz CT molecular complexity index is 959. The molecule has 5 fully saturated rings. The van der Waals surface area contributed by atoms with Gasteiger partial charge in [-0.25, -0.2) is 0 Å². The van der Waals surface area contributed by atoms with Gasteiger partial charge in [0.1, 0.15) is 0 Å². The molecule has 5 aliphatic carbocycles. The molecule has 0 aromatic heterocycles. The van der Waals surface area contributed by atoms with Crippen LogP contribution in [0.3, 0.4) is 0 Å². The summed E-state index contributed by atoms with van der Waals surface area (Å²) in [6.07, 6.45) is 11.3. The summed E-state index contributed by atoms with van der Waals surface area (Å²) >= 11 is 0. The zero-order valence-corrected chi connectivity index (χ0v) is 22.6. The summed E-state index contributed by atoms with van der Waals surface area (Å²) in [6.45, 7) is 20.9. The lowest BCUT2D eigenvalue weighted by molar-refractivity contribution is 0.0502. The largest absolute Gasteiger partial charge is 0.0710 e. The molecule has 1 heterocycles. The molecule has 30 heavy (non-hydrogen) atoms.